The second-order valence-electron chi connectivity index (χ2n) is 8.24. The summed E-state index contributed by atoms with van der Waals surface area (Å²) in [5.41, 5.74) is 6.19. The maximum atomic E-state index is 12.6. The fourth-order valence-electron chi connectivity index (χ4n) is 3.91. The number of carbonyl (C=O) groups is 1. The van der Waals surface area contributed by atoms with Crippen molar-refractivity contribution >= 4 is 16.9 Å². The lowest BCUT2D eigenvalue weighted by Crippen LogP contribution is -2.25. The Morgan fingerprint density at radius 3 is 2.41 bits per heavy atom. The average molecular weight is 428 g/mol. The predicted molar refractivity (Wildman–Crippen MR) is 128 cm³/mol. The van der Waals surface area contributed by atoms with Gasteiger partial charge in [0.15, 0.2) is 0 Å². The standard InChI is InChI=1S/C27H29N3O2/c1-19-9-11-22(12-10-19)27(31)28-18-26-29-24-7-4-5-8-25(24)30(26)13-6-14-32-23-16-20(2)15-21(3)17-23/h4-5,7-12,15-17H,6,13-14,18H2,1-3H3,(H,28,31). The molecule has 0 atom stereocenters. The average Bonchev–Trinajstić information content (AvgIpc) is 3.12. The van der Waals surface area contributed by atoms with Gasteiger partial charge in [0.1, 0.15) is 11.6 Å². The van der Waals surface area contributed by atoms with Crippen molar-refractivity contribution in [2.75, 3.05) is 6.61 Å². The summed E-state index contributed by atoms with van der Waals surface area (Å²) in [6, 6.07) is 21.9. The molecule has 0 aliphatic heterocycles. The zero-order valence-corrected chi connectivity index (χ0v) is 18.9. The second-order valence-corrected chi connectivity index (χ2v) is 8.24. The molecule has 5 nitrogen and oxygen atoms in total. The third kappa shape index (κ3) is 5.17. The number of aryl methyl sites for hydroxylation is 4. The van der Waals surface area contributed by atoms with Gasteiger partial charge in [0.25, 0.3) is 5.91 Å². The molecule has 1 amide bonds. The van der Waals surface area contributed by atoms with Crippen LogP contribution in [-0.4, -0.2) is 22.1 Å². The van der Waals surface area contributed by atoms with Gasteiger partial charge in [-0.1, -0.05) is 35.9 Å². The van der Waals surface area contributed by atoms with E-state index in [-0.39, 0.29) is 5.91 Å². The predicted octanol–water partition coefficient (Wildman–Crippen LogP) is 5.36. The molecule has 32 heavy (non-hydrogen) atoms. The van der Waals surface area contributed by atoms with Gasteiger partial charge in [0.05, 0.1) is 24.2 Å². The van der Waals surface area contributed by atoms with Gasteiger partial charge in [0.2, 0.25) is 0 Å². The van der Waals surface area contributed by atoms with E-state index >= 15 is 0 Å². The second kappa shape index (κ2) is 9.69. The Balaban J connectivity index is 1.42. The van der Waals surface area contributed by atoms with Crippen molar-refractivity contribution in [1.82, 2.24) is 14.9 Å². The lowest BCUT2D eigenvalue weighted by atomic mass is 10.1. The van der Waals surface area contributed by atoms with Crippen molar-refractivity contribution in [3.8, 4) is 5.75 Å². The molecule has 0 bridgehead atoms. The molecule has 0 unspecified atom stereocenters. The summed E-state index contributed by atoms with van der Waals surface area (Å²) >= 11 is 0. The SMILES string of the molecule is Cc1ccc(C(=O)NCc2nc3ccccc3n2CCCOc2cc(C)cc(C)c2)cc1. The summed E-state index contributed by atoms with van der Waals surface area (Å²) in [6.07, 6.45) is 0.840. The summed E-state index contributed by atoms with van der Waals surface area (Å²) in [5, 5.41) is 3.01. The summed E-state index contributed by atoms with van der Waals surface area (Å²) in [6.45, 7) is 7.92. The Labute approximate surface area is 189 Å². The third-order valence-corrected chi connectivity index (χ3v) is 5.44. The first kappa shape index (κ1) is 21.6. The number of para-hydroxylation sites is 2. The first-order valence-electron chi connectivity index (χ1n) is 11.0. The van der Waals surface area contributed by atoms with Crippen LogP contribution in [-0.2, 0) is 13.1 Å². The number of nitrogens with one attached hydrogen (secondary N) is 1. The fourth-order valence-corrected chi connectivity index (χ4v) is 3.91. The zero-order chi connectivity index (χ0) is 22.5. The maximum Gasteiger partial charge on any atom is 0.251 e. The van der Waals surface area contributed by atoms with E-state index in [0.717, 1.165) is 41.1 Å². The van der Waals surface area contributed by atoms with Gasteiger partial charge in [-0.25, -0.2) is 4.98 Å². The summed E-state index contributed by atoms with van der Waals surface area (Å²) in [5.74, 6) is 1.66. The summed E-state index contributed by atoms with van der Waals surface area (Å²) in [4.78, 5) is 17.3. The fraction of sp³-hybridized carbons (Fsp3) is 0.259. The van der Waals surface area contributed by atoms with Crippen LogP contribution in [0.3, 0.4) is 0 Å². The topological polar surface area (TPSA) is 56.2 Å². The molecule has 0 saturated heterocycles. The number of hydrogen-bond acceptors (Lipinski definition) is 3. The van der Waals surface area contributed by atoms with Crippen LogP contribution in [0.2, 0.25) is 0 Å². The molecule has 0 radical (unpaired) electrons. The quantitative estimate of drug-likeness (QED) is 0.385. The van der Waals surface area contributed by atoms with Gasteiger partial charge < -0.3 is 14.6 Å². The van der Waals surface area contributed by atoms with E-state index < -0.39 is 0 Å². The molecule has 1 heterocycles. The van der Waals surface area contributed by atoms with Crippen LogP contribution in [0.1, 0.15) is 39.3 Å². The molecule has 5 heteroatoms. The van der Waals surface area contributed by atoms with Crippen LogP contribution >= 0.6 is 0 Å². The number of benzene rings is 3. The van der Waals surface area contributed by atoms with Crippen molar-refractivity contribution in [1.29, 1.82) is 0 Å². The summed E-state index contributed by atoms with van der Waals surface area (Å²) < 4.78 is 8.16. The van der Waals surface area contributed by atoms with Gasteiger partial charge in [0, 0.05) is 12.1 Å². The van der Waals surface area contributed by atoms with Gasteiger partial charge >= 0.3 is 0 Å². The normalized spacial score (nSPS) is 11.0. The number of rotatable bonds is 8. The van der Waals surface area contributed by atoms with E-state index in [2.05, 4.69) is 48.0 Å². The molecular weight excluding hydrogens is 398 g/mol. The largest absolute Gasteiger partial charge is 0.494 e. The van der Waals surface area contributed by atoms with Gasteiger partial charge in [-0.3, -0.25) is 4.79 Å². The number of carbonyl (C=O) groups excluding carboxylic acids is 1. The van der Waals surface area contributed by atoms with E-state index in [9.17, 15) is 4.79 Å². The first-order valence-corrected chi connectivity index (χ1v) is 11.0. The van der Waals surface area contributed by atoms with Crippen LogP contribution in [0.25, 0.3) is 11.0 Å². The van der Waals surface area contributed by atoms with E-state index in [4.69, 9.17) is 9.72 Å². The minimum absolute atomic E-state index is 0.0956. The van der Waals surface area contributed by atoms with Crippen molar-refractivity contribution < 1.29 is 9.53 Å². The van der Waals surface area contributed by atoms with Gasteiger partial charge in [-0.15, -0.1) is 0 Å². The highest BCUT2D eigenvalue weighted by atomic mass is 16.5. The third-order valence-electron chi connectivity index (χ3n) is 5.44. The lowest BCUT2D eigenvalue weighted by molar-refractivity contribution is 0.0949. The van der Waals surface area contributed by atoms with E-state index in [1.165, 1.54) is 11.1 Å². The molecule has 0 aliphatic carbocycles. The van der Waals surface area contributed by atoms with Crippen LogP contribution in [0, 0.1) is 20.8 Å². The molecule has 3 aromatic carbocycles. The van der Waals surface area contributed by atoms with Gasteiger partial charge in [-0.2, -0.15) is 0 Å². The minimum Gasteiger partial charge on any atom is -0.494 e. The molecule has 0 fully saturated rings. The Kier molecular flexibility index (Phi) is 6.55. The first-order chi connectivity index (χ1) is 15.5. The maximum absolute atomic E-state index is 12.6. The van der Waals surface area contributed by atoms with Crippen molar-refractivity contribution in [2.45, 2.75) is 40.3 Å². The highest BCUT2D eigenvalue weighted by molar-refractivity contribution is 5.94. The smallest absolute Gasteiger partial charge is 0.251 e. The number of nitrogens with zero attached hydrogens (tertiary/aromatic N) is 2. The van der Waals surface area contributed by atoms with Crippen LogP contribution in [0.15, 0.2) is 66.7 Å². The Bertz CT molecular complexity index is 1210. The molecule has 0 spiro atoms. The van der Waals surface area contributed by atoms with Gasteiger partial charge in [-0.05, 0) is 74.7 Å². The number of hydrogen-bond donors (Lipinski definition) is 1. The highest BCUT2D eigenvalue weighted by Crippen LogP contribution is 2.19. The van der Waals surface area contributed by atoms with Crippen LogP contribution < -0.4 is 10.1 Å². The minimum atomic E-state index is -0.0956. The van der Waals surface area contributed by atoms with Crippen LogP contribution in [0.4, 0.5) is 0 Å². The summed E-state index contributed by atoms with van der Waals surface area (Å²) in [7, 11) is 0. The van der Waals surface area contributed by atoms with Crippen molar-refractivity contribution in [2.24, 2.45) is 0 Å². The monoisotopic (exact) mass is 427 g/mol. The Morgan fingerprint density at radius 1 is 0.938 bits per heavy atom. The molecule has 4 rings (SSSR count). The van der Waals surface area contributed by atoms with E-state index in [1.807, 2.05) is 49.4 Å². The molecule has 0 aliphatic rings. The molecule has 1 aromatic heterocycles. The zero-order valence-electron chi connectivity index (χ0n) is 18.9. The number of aromatic nitrogens is 2. The highest BCUT2D eigenvalue weighted by Gasteiger charge is 2.12. The molecule has 4 aromatic rings. The molecule has 164 valence electrons. The van der Waals surface area contributed by atoms with Crippen molar-refractivity contribution in [3.63, 3.8) is 0 Å². The molecule has 0 saturated carbocycles. The van der Waals surface area contributed by atoms with Crippen LogP contribution in [0.5, 0.6) is 5.75 Å². The molecular formula is C27H29N3O2. The van der Waals surface area contributed by atoms with E-state index in [1.54, 1.807) is 0 Å². The number of amides is 1. The number of imidazole rings is 1. The van der Waals surface area contributed by atoms with E-state index in [0.29, 0.717) is 18.7 Å². The van der Waals surface area contributed by atoms with Crippen molar-refractivity contribution in [3.05, 3.63) is 94.8 Å². The lowest BCUT2D eigenvalue weighted by Gasteiger charge is -2.12. The number of ether oxygens (including phenoxy) is 1. The Hall–Kier alpha value is -3.60. The molecule has 1 N–H and O–H groups in total. The number of fused-ring (bicyclic) bond motifs is 1. The Morgan fingerprint density at radius 2 is 1.66 bits per heavy atom.